The molecule has 0 unspecified atom stereocenters. The van der Waals surface area contributed by atoms with Gasteiger partial charge in [0.2, 0.25) is 0 Å². The number of likely N-dealkylation sites (N-methyl/N-ethyl adjacent to an activating group) is 1. The van der Waals surface area contributed by atoms with Gasteiger partial charge in [-0.3, -0.25) is 14.4 Å². The topological polar surface area (TPSA) is 124 Å². The molecule has 0 saturated carbocycles. The van der Waals surface area contributed by atoms with Gasteiger partial charge >= 0.3 is 57.4 Å². The van der Waals surface area contributed by atoms with Gasteiger partial charge in [-0.1, -0.05) is 0 Å². The maximum atomic E-state index is 9.54. The van der Waals surface area contributed by atoms with Crippen LogP contribution in [0.1, 0.15) is 13.8 Å². The van der Waals surface area contributed by atoms with E-state index in [1.165, 1.54) is 0 Å². The second-order valence-corrected chi connectivity index (χ2v) is 1.96. The second-order valence-electron chi connectivity index (χ2n) is 1.96. The molecule has 15 heavy (non-hydrogen) atoms. The number of hydrogen-bond acceptors (Lipinski definition) is 4. The van der Waals surface area contributed by atoms with Crippen molar-refractivity contribution in [3.05, 3.63) is 0 Å². The summed E-state index contributed by atoms with van der Waals surface area (Å²) in [4.78, 5) is 27.5. The summed E-state index contributed by atoms with van der Waals surface area (Å²) in [6, 6.07) is 0. The molecule has 0 spiro atoms. The molecule has 0 aliphatic rings. The van der Waals surface area contributed by atoms with Crippen LogP contribution in [0.4, 0.5) is 0 Å². The molecule has 0 aromatic rings. The summed E-state index contributed by atoms with van der Waals surface area (Å²) in [6.45, 7) is 2.21. The van der Waals surface area contributed by atoms with Gasteiger partial charge in [-0.05, 0) is 7.05 Å². The first-order valence-corrected chi connectivity index (χ1v) is 3.49. The van der Waals surface area contributed by atoms with E-state index in [1.54, 1.807) is 7.05 Å². The second kappa shape index (κ2) is 19.6. The Morgan fingerprint density at radius 3 is 1.20 bits per heavy atom. The number of carboxylic acids is 3. The van der Waals surface area contributed by atoms with Gasteiger partial charge in [-0.15, -0.1) is 0 Å². The van der Waals surface area contributed by atoms with Crippen molar-refractivity contribution in [2.45, 2.75) is 13.8 Å². The van der Waals surface area contributed by atoms with Gasteiger partial charge in [-0.2, -0.15) is 0 Å². The Labute approximate surface area is 130 Å². The molecule has 0 amide bonds. The van der Waals surface area contributed by atoms with Crippen molar-refractivity contribution in [1.29, 1.82) is 0 Å². The molecule has 0 aromatic heterocycles. The Bertz CT molecular complexity index is 164. The van der Waals surface area contributed by atoms with Crippen molar-refractivity contribution in [2.24, 2.45) is 0 Å². The van der Waals surface area contributed by atoms with Gasteiger partial charge in [0.25, 0.3) is 11.9 Å². The van der Waals surface area contributed by atoms with Crippen LogP contribution in [0.5, 0.6) is 0 Å². The van der Waals surface area contributed by atoms with E-state index in [2.05, 4.69) is 5.32 Å². The molecule has 0 saturated heterocycles. The number of rotatable bonds is 2. The Hall–Kier alpha value is 0.00636. The van der Waals surface area contributed by atoms with Crippen molar-refractivity contribution < 1.29 is 29.7 Å². The van der Waals surface area contributed by atoms with Crippen LogP contribution >= 0.6 is 0 Å². The van der Waals surface area contributed by atoms with E-state index in [0.29, 0.717) is 0 Å². The number of hydrogen-bond donors (Lipinski definition) is 4. The molecule has 0 aliphatic carbocycles. The van der Waals surface area contributed by atoms with Crippen LogP contribution in [0.3, 0.4) is 0 Å². The molecule has 8 heteroatoms. The number of carboxylic acid groups (broad SMARTS) is 3. The van der Waals surface area contributed by atoms with E-state index in [1.807, 2.05) is 0 Å². The van der Waals surface area contributed by atoms with Gasteiger partial charge < -0.3 is 20.6 Å². The third kappa shape index (κ3) is 223. The first-order valence-electron chi connectivity index (χ1n) is 3.49. The zero-order chi connectivity index (χ0) is 12.1. The summed E-state index contributed by atoms with van der Waals surface area (Å²) in [6.07, 6.45) is 0. The third-order valence-electron chi connectivity index (χ3n) is 0.328. The summed E-state index contributed by atoms with van der Waals surface area (Å²) in [5.74, 6) is -2.49. The van der Waals surface area contributed by atoms with E-state index in [-0.39, 0.29) is 57.9 Å². The molecule has 0 radical (unpaired) electrons. The minimum absolute atomic E-state index is 0. The Balaban J connectivity index is -0.0000000606. The predicted octanol–water partition coefficient (Wildman–Crippen LogP) is -1.18. The maximum absolute atomic E-state index is 9.54. The third-order valence-corrected chi connectivity index (χ3v) is 0.328. The fourth-order valence-corrected chi connectivity index (χ4v) is 0.151. The van der Waals surface area contributed by atoms with Crippen LogP contribution in [0.15, 0.2) is 0 Å². The van der Waals surface area contributed by atoms with Gasteiger partial charge in [0.05, 0.1) is 6.54 Å². The molecule has 0 heterocycles. The molecule has 7 nitrogen and oxygen atoms in total. The number of nitrogens with one attached hydrogen (secondary N) is 1. The van der Waals surface area contributed by atoms with Gasteiger partial charge in [0.15, 0.2) is 0 Å². The normalized spacial score (nSPS) is 6.60. The van der Waals surface area contributed by atoms with Crippen molar-refractivity contribution in [3.8, 4) is 0 Å². The van der Waals surface area contributed by atoms with Crippen LogP contribution in [0, 0.1) is 0 Å². The van der Waals surface area contributed by atoms with E-state index in [9.17, 15) is 4.79 Å². The Kier molecular flexibility index (Phi) is 31.7. The zero-order valence-electron chi connectivity index (χ0n) is 8.27. The van der Waals surface area contributed by atoms with Crippen molar-refractivity contribution >= 4 is 69.3 Å². The van der Waals surface area contributed by atoms with Gasteiger partial charge in [0.1, 0.15) is 0 Å². The van der Waals surface area contributed by atoms with E-state index < -0.39 is 17.9 Å². The molecule has 4 N–H and O–H groups in total. The minimum atomic E-state index is -0.833. The van der Waals surface area contributed by atoms with Crippen LogP contribution in [0.2, 0.25) is 0 Å². The molecular weight excluding hydrogens is 233 g/mol. The molecule has 0 bridgehead atoms. The molecule has 0 atom stereocenters. The van der Waals surface area contributed by atoms with Gasteiger partial charge in [-0.25, -0.2) is 0 Å². The Morgan fingerprint density at radius 1 is 1.00 bits per heavy atom. The first kappa shape index (κ1) is 24.3. The number of aliphatic carboxylic acids is 3. The van der Waals surface area contributed by atoms with E-state index >= 15 is 0 Å². The average Bonchev–Trinajstić information content (AvgIpc) is 1.82. The van der Waals surface area contributed by atoms with Gasteiger partial charge in [0, 0.05) is 13.8 Å². The quantitative estimate of drug-likeness (QED) is 0.454. The van der Waals surface area contributed by atoms with Crippen LogP contribution in [-0.2, 0) is 14.4 Å². The molecule has 0 fully saturated rings. The van der Waals surface area contributed by atoms with E-state index in [0.717, 1.165) is 13.8 Å². The molecule has 0 aromatic carbocycles. The van der Waals surface area contributed by atoms with Crippen molar-refractivity contribution in [2.75, 3.05) is 13.6 Å². The molecule has 0 rings (SSSR count). The molecule has 86 valence electrons. The van der Waals surface area contributed by atoms with Crippen molar-refractivity contribution in [1.82, 2.24) is 5.32 Å². The average molecular weight is 249 g/mol. The molecular formula is C7H16KNO6. The monoisotopic (exact) mass is 249 g/mol. The summed E-state index contributed by atoms with van der Waals surface area (Å²) in [7, 11) is 1.59. The standard InChI is InChI=1S/C3H7NO2.2C2H4O2.K.H/c1-4-2-3(5)6;2*1-2(3)4;;/h4H,2H2,1H3,(H,5,6);2*1H3,(H,3,4);;. The van der Waals surface area contributed by atoms with E-state index in [4.69, 9.17) is 24.9 Å². The number of carbonyl (C=O) groups is 3. The summed E-state index contributed by atoms with van der Waals surface area (Å²) >= 11 is 0. The Morgan fingerprint density at radius 2 is 1.20 bits per heavy atom. The predicted molar refractivity (Wildman–Crippen MR) is 55.3 cm³/mol. The van der Waals surface area contributed by atoms with Crippen LogP contribution in [-0.4, -0.2) is 98.2 Å². The molecule has 0 aliphatic heterocycles. The summed E-state index contributed by atoms with van der Waals surface area (Å²) in [5, 5.41) is 25.2. The SMILES string of the molecule is CC(=O)O.CC(=O)O.CNCC(=O)O.[KH]. The summed E-state index contributed by atoms with van der Waals surface area (Å²) < 4.78 is 0. The summed E-state index contributed by atoms with van der Waals surface area (Å²) in [5.41, 5.74) is 0. The fraction of sp³-hybridized carbons (Fsp3) is 0.571. The van der Waals surface area contributed by atoms with Crippen LogP contribution < -0.4 is 5.32 Å². The zero-order valence-corrected chi connectivity index (χ0v) is 8.27. The van der Waals surface area contributed by atoms with Crippen LogP contribution in [0.25, 0.3) is 0 Å². The van der Waals surface area contributed by atoms with Crippen molar-refractivity contribution in [3.63, 3.8) is 0 Å². The fourth-order valence-electron chi connectivity index (χ4n) is 0.151. The first-order chi connectivity index (χ1) is 6.23.